The molecule has 0 atom stereocenters. The van der Waals surface area contributed by atoms with Crippen LogP contribution in [0.2, 0.25) is 0 Å². The number of para-hydroxylation sites is 1. The fraction of sp³-hybridized carbons (Fsp3) is 0.500. The highest BCUT2D eigenvalue weighted by Crippen LogP contribution is 2.18. The number of hydrogen-bond donors (Lipinski definition) is 1. The number of likely N-dealkylation sites (tertiary alicyclic amines) is 1. The first kappa shape index (κ1) is 15.8. The number of benzene rings is 1. The molecule has 1 aromatic carbocycles. The minimum absolute atomic E-state index is 0.195. The summed E-state index contributed by atoms with van der Waals surface area (Å²) in [6.07, 6.45) is 4.30. The van der Waals surface area contributed by atoms with Gasteiger partial charge in [-0.3, -0.25) is 10.1 Å². The van der Waals surface area contributed by atoms with Crippen LogP contribution in [0.15, 0.2) is 24.3 Å². The number of nitrogens with one attached hydrogen (secondary N) is 1. The van der Waals surface area contributed by atoms with Crippen molar-refractivity contribution >= 4 is 23.2 Å². The van der Waals surface area contributed by atoms with E-state index in [0.717, 1.165) is 38.8 Å². The van der Waals surface area contributed by atoms with Gasteiger partial charge in [-0.2, -0.15) is 0 Å². The van der Waals surface area contributed by atoms with Gasteiger partial charge >= 0.3 is 0 Å². The van der Waals surface area contributed by atoms with Crippen LogP contribution in [0.4, 0.5) is 0 Å². The van der Waals surface area contributed by atoms with Crippen molar-refractivity contribution in [3.05, 3.63) is 29.8 Å². The lowest BCUT2D eigenvalue weighted by Crippen LogP contribution is -2.41. The quantitative estimate of drug-likeness (QED) is 0.671. The number of carbonyl (C=O) groups excluding carboxylic acids is 1. The van der Waals surface area contributed by atoms with Gasteiger partial charge in [0.15, 0.2) is 5.11 Å². The molecule has 1 saturated heterocycles. The molecule has 1 amide bonds. The molecule has 1 fully saturated rings. The van der Waals surface area contributed by atoms with Gasteiger partial charge in [0.05, 0.1) is 12.2 Å². The molecule has 5 heteroatoms. The van der Waals surface area contributed by atoms with Crippen molar-refractivity contribution in [1.29, 1.82) is 0 Å². The minimum atomic E-state index is -0.195. The molecule has 4 nitrogen and oxygen atoms in total. The average Bonchev–Trinajstić information content (AvgIpc) is 3.02. The predicted octanol–water partition coefficient (Wildman–Crippen LogP) is 2.98. The van der Waals surface area contributed by atoms with E-state index in [2.05, 4.69) is 12.2 Å². The second-order valence-corrected chi connectivity index (χ2v) is 5.54. The molecule has 21 heavy (non-hydrogen) atoms. The van der Waals surface area contributed by atoms with Crippen molar-refractivity contribution in [3.63, 3.8) is 0 Å². The second-order valence-electron chi connectivity index (χ2n) is 5.15. The van der Waals surface area contributed by atoms with Crippen molar-refractivity contribution in [2.24, 2.45) is 0 Å². The van der Waals surface area contributed by atoms with Gasteiger partial charge in [0.2, 0.25) is 0 Å². The van der Waals surface area contributed by atoms with Gasteiger partial charge in [-0.1, -0.05) is 25.5 Å². The molecule has 0 unspecified atom stereocenters. The first-order chi connectivity index (χ1) is 10.2. The molecule has 1 aromatic rings. The van der Waals surface area contributed by atoms with Crippen LogP contribution in [0, 0.1) is 0 Å². The Morgan fingerprint density at radius 2 is 2.05 bits per heavy atom. The first-order valence-electron chi connectivity index (χ1n) is 7.54. The van der Waals surface area contributed by atoms with E-state index in [9.17, 15) is 4.79 Å². The maximum Gasteiger partial charge on any atom is 0.261 e. The molecule has 1 aliphatic rings. The van der Waals surface area contributed by atoms with E-state index in [1.807, 2.05) is 23.1 Å². The van der Waals surface area contributed by atoms with E-state index >= 15 is 0 Å². The van der Waals surface area contributed by atoms with Gasteiger partial charge in [-0.05, 0) is 43.6 Å². The lowest BCUT2D eigenvalue weighted by atomic mass is 10.2. The standard InChI is InChI=1S/C16H22N2O2S/c1-2-3-12-20-14-9-5-4-8-13(14)15(19)17-16(21)18-10-6-7-11-18/h4-5,8-9H,2-3,6-7,10-12H2,1H3,(H,17,19,21). The highest BCUT2D eigenvalue weighted by Gasteiger charge is 2.19. The van der Waals surface area contributed by atoms with Crippen LogP contribution in [0.1, 0.15) is 43.0 Å². The molecule has 2 rings (SSSR count). The minimum Gasteiger partial charge on any atom is -0.493 e. The smallest absolute Gasteiger partial charge is 0.261 e. The molecule has 1 heterocycles. The molecule has 1 N–H and O–H groups in total. The van der Waals surface area contributed by atoms with E-state index in [0.29, 0.717) is 23.0 Å². The highest BCUT2D eigenvalue weighted by atomic mass is 32.1. The topological polar surface area (TPSA) is 41.6 Å². The number of carbonyl (C=O) groups is 1. The SMILES string of the molecule is CCCCOc1ccccc1C(=O)NC(=S)N1CCCC1. The Balaban J connectivity index is 1.99. The number of unbranched alkanes of at least 4 members (excludes halogenated alkanes) is 1. The van der Waals surface area contributed by atoms with Crippen molar-refractivity contribution in [2.45, 2.75) is 32.6 Å². The third kappa shape index (κ3) is 4.43. The van der Waals surface area contributed by atoms with Gasteiger partial charge < -0.3 is 9.64 Å². The number of nitrogens with zero attached hydrogens (tertiary/aromatic N) is 1. The molecular formula is C16H22N2O2S. The lowest BCUT2D eigenvalue weighted by molar-refractivity contribution is 0.0970. The van der Waals surface area contributed by atoms with Crippen molar-refractivity contribution in [3.8, 4) is 5.75 Å². The first-order valence-corrected chi connectivity index (χ1v) is 7.95. The van der Waals surface area contributed by atoms with Gasteiger partial charge in [0.25, 0.3) is 5.91 Å². The van der Waals surface area contributed by atoms with Crippen LogP contribution in [0.25, 0.3) is 0 Å². The summed E-state index contributed by atoms with van der Waals surface area (Å²) in [7, 11) is 0. The average molecular weight is 306 g/mol. The maximum absolute atomic E-state index is 12.4. The Morgan fingerprint density at radius 3 is 2.76 bits per heavy atom. The Bertz CT molecular complexity index is 499. The molecule has 0 bridgehead atoms. The zero-order chi connectivity index (χ0) is 15.1. The summed E-state index contributed by atoms with van der Waals surface area (Å²) >= 11 is 5.29. The summed E-state index contributed by atoms with van der Waals surface area (Å²) in [5.41, 5.74) is 0.537. The number of amides is 1. The third-order valence-electron chi connectivity index (χ3n) is 3.50. The van der Waals surface area contributed by atoms with E-state index in [4.69, 9.17) is 17.0 Å². The Kier molecular flexibility index (Phi) is 5.99. The van der Waals surface area contributed by atoms with Crippen molar-refractivity contribution < 1.29 is 9.53 Å². The molecular weight excluding hydrogens is 284 g/mol. The fourth-order valence-electron chi connectivity index (χ4n) is 2.27. The number of ether oxygens (including phenoxy) is 1. The van der Waals surface area contributed by atoms with Crippen LogP contribution in [0.3, 0.4) is 0 Å². The summed E-state index contributed by atoms with van der Waals surface area (Å²) in [5, 5.41) is 3.32. The van der Waals surface area contributed by atoms with Gasteiger partial charge in [0, 0.05) is 13.1 Å². The summed E-state index contributed by atoms with van der Waals surface area (Å²) < 4.78 is 5.69. The summed E-state index contributed by atoms with van der Waals surface area (Å²) in [6, 6.07) is 7.30. The molecule has 0 saturated carbocycles. The second kappa shape index (κ2) is 7.98. The Hall–Kier alpha value is -1.62. The molecule has 114 valence electrons. The largest absolute Gasteiger partial charge is 0.493 e. The van der Waals surface area contributed by atoms with E-state index in [1.54, 1.807) is 6.07 Å². The molecule has 0 radical (unpaired) electrons. The summed E-state index contributed by atoms with van der Waals surface area (Å²) in [5.74, 6) is 0.423. The Morgan fingerprint density at radius 1 is 1.33 bits per heavy atom. The van der Waals surface area contributed by atoms with Crippen LogP contribution in [0.5, 0.6) is 5.75 Å². The molecule has 0 spiro atoms. The normalized spacial score (nSPS) is 14.0. The Labute approximate surface area is 131 Å². The van der Waals surface area contributed by atoms with Crippen LogP contribution >= 0.6 is 12.2 Å². The maximum atomic E-state index is 12.4. The van der Waals surface area contributed by atoms with Crippen LogP contribution < -0.4 is 10.1 Å². The van der Waals surface area contributed by atoms with Crippen molar-refractivity contribution in [1.82, 2.24) is 10.2 Å². The predicted molar refractivity (Wildman–Crippen MR) is 87.7 cm³/mol. The third-order valence-corrected chi connectivity index (χ3v) is 3.86. The van der Waals surface area contributed by atoms with E-state index < -0.39 is 0 Å². The molecule has 0 aromatic heterocycles. The highest BCUT2D eigenvalue weighted by molar-refractivity contribution is 7.80. The number of rotatable bonds is 5. The zero-order valence-corrected chi connectivity index (χ0v) is 13.2. The van der Waals surface area contributed by atoms with E-state index in [1.165, 1.54) is 0 Å². The number of thiocarbonyl (C=S) groups is 1. The number of hydrogen-bond acceptors (Lipinski definition) is 3. The summed E-state index contributed by atoms with van der Waals surface area (Å²) in [4.78, 5) is 14.4. The van der Waals surface area contributed by atoms with Gasteiger partial charge in [-0.25, -0.2) is 0 Å². The monoisotopic (exact) mass is 306 g/mol. The lowest BCUT2D eigenvalue weighted by Gasteiger charge is -2.19. The zero-order valence-electron chi connectivity index (χ0n) is 12.4. The van der Waals surface area contributed by atoms with Crippen LogP contribution in [-0.2, 0) is 0 Å². The van der Waals surface area contributed by atoms with Crippen molar-refractivity contribution in [2.75, 3.05) is 19.7 Å². The van der Waals surface area contributed by atoms with Gasteiger partial charge in [0.1, 0.15) is 5.75 Å². The molecule has 0 aliphatic carbocycles. The van der Waals surface area contributed by atoms with Gasteiger partial charge in [-0.15, -0.1) is 0 Å². The summed E-state index contributed by atoms with van der Waals surface area (Å²) in [6.45, 7) is 4.58. The van der Waals surface area contributed by atoms with E-state index in [-0.39, 0.29) is 5.91 Å². The molecule has 1 aliphatic heterocycles. The fourth-order valence-corrected chi connectivity index (χ4v) is 2.55. The van der Waals surface area contributed by atoms with Crippen LogP contribution in [-0.4, -0.2) is 35.6 Å².